The lowest BCUT2D eigenvalue weighted by atomic mass is 10.1. The molecule has 0 fully saturated rings. The molecule has 1 amide bonds. The molecular formula is C22H18FN3O3. The highest BCUT2D eigenvalue weighted by Crippen LogP contribution is 2.23. The first-order valence-electron chi connectivity index (χ1n) is 9.05. The van der Waals surface area contributed by atoms with Gasteiger partial charge < -0.3 is 14.7 Å². The van der Waals surface area contributed by atoms with E-state index >= 15 is 0 Å². The molecule has 4 aromatic rings. The van der Waals surface area contributed by atoms with Crippen LogP contribution in [0.1, 0.15) is 17.0 Å². The molecule has 0 spiro atoms. The summed E-state index contributed by atoms with van der Waals surface area (Å²) >= 11 is 0. The van der Waals surface area contributed by atoms with Crippen molar-refractivity contribution in [2.24, 2.45) is 0 Å². The molecule has 0 aliphatic heterocycles. The van der Waals surface area contributed by atoms with E-state index in [1.165, 1.54) is 12.1 Å². The lowest BCUT2D eigenvalue weighted by Gasteiger charge is -2.06. The molecule has 2 N–H and O–H groups in total. The number of oxazole rings is 1. The predicted molar refractivity (Wildman–Crippen MR) is 108 cm³/mol. The molecule has 6 nitrogen and oxygen atoms in total. The highest BCUT2D eigenvalue weighted by atomic mass is 19.1. The number of aryl methyl sites for hydroxylation is 2. The number of H-pyrrole nitrogens is 1. The normalized spacial score (nSPS) is 11.0. The van der Waals surface area contributed by atoms with E-state index in [2.05, 4.69) is 15.3 Å². The average molecular weight is 391 g/mol. The summed E-state index contributed by atoms with van der Waals surface area (Å²) < 4.78 is 19.0. The molecule has 29 heavy (non-hydrogen) atoms. The summed E-state index contributed by atoms with van der Waals surface area (Å²) in [7, 11) is 0. The van der Waals surface area contributed by atoms with Gasteiger partial charge in [-0.1, -0.05) is 12.1 Å². The molecule has 2 aromatic heterocycles. The van der Waals surface area contributed by atoms with Crippen LogP contribution in [0.4, 0.5) is 10.1 Å². The number of hydrogen-bond acceptors (Lipinski definition) is 4. The highest BCUT2D eigenvalue weighted by molar-refractivity contribution is 5.94. The Hall–Kier alpha value is -3.74. The van der Waals surface area contributed by atoms with Gasteiger partial charge in [0, 0.05) is 16.8 Å². The molecule has 0 unspecified atom stereocenters. The minimum absolute atomic E-state index is 0.00705. The van der Waals surface area contributed by atoms with Crippen LogP contribution in [0, 0.1) is 19.7 Å². The topological polar surface area (TPSA) is 88.0 Å². The summed E-state index contributed by atoms with van der Waals surface area (Å²) in [5.74, 6) is 0.101. The first kappa shape index (κ1) is 18.6. The Kier molecular flexibility index (Phi) is 4.72. The number of hydrogen-bond donors (Lipinski definition) is 2. The van der Waals surface area contributed by atoms with Crippen molar-refractivity contribution in [2.45, 2.75) is 20.3 Å². The lowest BCUT2D eigenvalue weighted by molar-refractivity contribution is -0.115. The molecule has 7 heteroatoms. The number of amides is 1. The van der Waals surface area contributed by atoms with Gasteiger partial charge in [-0.15, -0.1) is 0 Å². The molecule has 0 aliphatic carbocycles. The zero-order valence-electron chi connectivity index (χ0n) is 15.9. The van der Waals surface area contributed by atoms with Crippen molar-refractivity contribution in [2.75, 3.05) is 5.32 Å². The number of nitrogens with zero attached hydrogens (tertiary/aromatic N) is 1. The predicted octanol–water partition coefficient (Wildman–Crippen LogP) is 4.12. The van der Waals surface area contributed by atoms with Gasteiger partial charge in [0.1, 0.15) is 11.6 Å². The number of aromatic nitrogens is 2. The fourth-order valence-corrected chi connectivity index (χ4v) is 3.08. The fraction of sp³-hybridized carbons (Fsp3) is 0.136. The number of carbonyl (C=O) groups is 1. The second-order valence-corrected chi connectivity index (χ2v) is 6.84. The molecule has 0 bridgehead atoms. The van der Waals surface area contributed by atoms with Crippen LogP contribution in [-0.4, -0.2) is 15.9 Å². The van der Waals surface area contributed by atoms with E-state index < -0.39 is 0 Å². The molecule has 2 heterocycles. The highest BCUT2D eigenvalue weighted by Gasteiger charge is 2.15. The van der Waals surface area contributed by atoms with Crippen LogP contribution in [0.5, 0.6) is 0 Å². The quantitative estimate of drug-likeness (QED) is 0.548. The zero-order chi connectivity index (χ0) is 20.5. The van der Waals surface area contributed by atoms with Crippen molar-refractivity contribution in [1.82, 2.24) is 9.97 Å². The smallest absolute Gasteiger partial charge is 0.251 e. The molecule has 0 radical (unpaired) electrons. The number of carbonyl (C=O) groups excluding carboxylic acids is 1. The monoisotopic (exact) mass is 391 g/mol. The van der Waals surface area contributed by atoms with E-state index in [4.69, 9.17) is 4.42 Å². The maximum atomic E-state index is 13.4. The van der Waals surface area contributed by atoms with Gasteiger partial charge in [0.25, 0.3) is 5.56 Å². The molecule has 2 aromatic carbocycles. The van der Waals surface area contributed by atoms with Crippen molar-refractivity contribution in [3.8, 4) is 11.5 Å². The second-order valence-electron chi connectivity index (χ2n) is 6.84. The molecule has 0 aliphatic rings. The summed E-state index contributed by atoms with van der Waals surface area (Å²) in [6.07, 6.45) is 0.00705. The molecule has 0 saturated carbocycles. The van der Waals surface area contributed by atoms with E-state index in [1.807, 2.05) is 6.07 Å². The van der Waals surface area contributed by atoms with Gasteiger partial charge in [-0.05, 0) is 55.6 Å². The number of pyridine rings is 1. The van der Waals surface area contributed by atoms with Crippen LogP contribution in [0.25, 0.3) is 22.4 Å². The number of rotatable bonds is 4. The van der Waals surface area contributed by atoms with Gasteiger partial charge in [-0.2, -0.15) is 0 Å². The Labute approximate surface area is 165 Å². The van der Waals surface area contributed by atoms with Crippen LogP contribution in [0.2, 0.25) is 0 Å². The van der Waals surface area contributed by atoms with E-state index in [0.717, 1.165) is 5.39 Å². The number of aromatic amines is 1. The number of anilines is 1. The minimum atomic E-state index is -0.387. The van der Waals surface area contributed by atoms with Crippen molar-refractivity contribution in [3.63, 3.8) is 0 Å². The Balaban J connectivity index is 1.52. The van der Waals surface area contributed by atoms with Crippen LogP contribution < -0.4 is 10.9 Å². The van der Waals surface area contributed by atoms with E-state index in [9.17, 15) is 14.0 Å². The Bertz CT molecular complexity index is 1290. The van der Waals surface area contributed by atoms with Gasteiger partial charge in [-0.3, -0.25) is 9.59 Å². The number of nitrogens with one attached hydrogen (secondary N) is 2. The summed E-state index contributed by atoms with van der Waals surface area (Å²) in [5, 5.41) is 3.68. The van der Waals surface area contributed by atoms with Crippen molar-refractivity contribution in [1.29, 1.82) is 0 Å². The summed E-state index contributed by atoms with van der Waals surface area (Å²) in [4.78, 5) is 31.4. The first-order chi connectivity index (χ1) is 13.9. The number of benzene rings is 2. The van der Waals surface area contributed by atoms with Crippen LogP contribution in [0.15, 0.2) is 57.7 Å². The Morgan fingerprint density at radius 2 is 2.00 bits per heavy atom. The van der Waals surface area contributed by atoms with Gasteiger partial charge in [0.2, 0.25) is 11.8 Å². The summed E-state index contributed by atoms with van der Waals surface area (Å²) in [6.45, 7) is 3.45. The van der Waals surface area contributed by atoms with Crippen LogP contribution in [0.3, 0.4) is 0 Å². The van der Waals surface area contributed by atoms with Gasteiger partial charge in [0.15, 0.2) is 0 Å². The largest absolute Gasteiger partial charge is 0.441 e. The summed E-state index contributed by atoms with van der Waals surface area (Å²) in [6, 6.07) is 13.0. The van der Waals surface area contributed by atoms with Crippen LogP contribution >= 0.6 is 0 Å². The lowest BCUT2D eigenvalue weighted by Crippen LogP contribution is -2.15. The van der Waals surface area contributed by atoms with Crippen molar-refractivity contribution >= 4 is 22.5 Å². The standard InChI is InChI=1S/C22H18FN3O3/c1-12-8-14-6-7-17(10-19(14)25-21(12)28)24-20(27)11-18-13(2)29-22(26-18)15-4-3-5-16(23)9-15/h3-10H,11H2,1-2H3,(H,24,27)(H,25,28). The summed E-state index contributed by atoms with van der Waals surface area (Å²) in [5.41, 5.74) is 2.66. The third kappa shape index (κ3) is 3.94. The van der Waals surface area contributed by atoms with Gasteiger partial charge in [-0.25, -0.2) is 9.37 Å². The third-order valence-electron chi connectivity index (χ3n) is 4.61. The maximum Gasteiger partial charge on any atom is 0.251 e. The van der Waals surface area contributed by atoms with Crippen molar-refractivity contribution in [3.05, 3.63) is 81.7 Å². The van der Waals surface area contributed by atoms with Gasteiger partial charge in [0.05, 0.1) is 17.6 Å². The molecule has 4 rings (SSSR count). The van der Waals surface area contributed by atoms with E-state index in [-0.39, 0.29) is 29.6 Å². The zero-order valence-corrected chi connectivity index (χ0v) is 15.9. The Morgan fingerprint density at radius 1 is 1.17 bits per heavy atom. The second kappa shape index (κ2) is 7.35. The van der Waals surface area contributed by atoms with E-state index in [1.54, 1.807) is 44.2 Å². The third-order valence-corrected chi connectivity index (χ3v) is 4.61. The van der Waals surface area contributed by atoms with Gasteiger partial charge >= 0.3 is 0 Å². The maximum absolute atomic E-state index is 13.4. The van der Waals surface area contributed by atoms with E-state index in [0.29, 0.717) is 33.8 Å². The Morgan fingerprint density at radius 3 is 2.79 bits per heavy atom. The minimum Gasteiger partial charge on any atom is -0.441 e. The first-order valence-corrected chi connectivity index (χ1v) is 9.05. The SMILES string of the molecule is Cc1oc(-c2cccc(F)c2)nc1CC(=O)Nc1ccc2cc(C)c(=O)[nH]c2c1. The van der Waals surface area contributed by atoms with Crippen LogP contribution in [-0.2, 0) is 11.2 Å². The fourth-order valence-electron chi connectivity index (χ4n) is 3.08. The molecule has 0 saturated heterocycles. The number of fused-ring (bicyclic) bond motifs is 1. The number of halogens is 1. The molecule has 0 atom stereocenters. The molecule has 146 valence electrons. The van der Waals surface area contributed by atoms with Crippen molar-refractivity contribution < 1.29 is 13.6 Å². The molecular weight excluding hydrogens is 373 g/mol. The average Bonchev–Trinajstić information content (AvgIpc) is 3.03.